The maximum Gasteiger partial charge on any atom is 0.220 e. The maximum absolute atomic E-state index is 11.9. The molecule has 1 rings (SSSR count). The Morgan fingerprint density at radius 1 is 1.29 bits per heavy atom. The lowest BCUT2D eigenvalue weighted by atomic mass is 10.1. The van der Waals surface area contributed by atoms with Crippen molar-refractivity contribution in [1.82, 2.24) is 10.3 Å². The number of nitrogens with one attached hydrogen (secondary N) is 1. The van der Waals surface area contributed by atoms with E-state index in [4.69, 9.17) is 15.0 Å². The van der Waals surface area contributed by atoms with Gasteiger partial charge in [0.15, 0.2) is 0 Å². The van der Waals surface area contributed by atoms with Gasteiger partial charge in [-0.2, -0.15) is 0 Å². The average Bonchev–Trinajstić information content (AvgIpc) is 2.67. The first kappa shape index (κ1) is 24.6. The number of ether oxygens (including phenoxy) is 2. The maximum atomic E-state index is 11.9. The third-order valence-electron chi connectivity index (χ3n) is 3.44. The van der Waals surface area contributed by atoms with Crippen LogP contribution in [0.5, 0.6) is 0 Å². The summed E-state index contributed by atoms with van der Waals surface area (Å²) in [6.07, 6.45) is 2.20. The van der Waals surface area contributed by atoms with Crippen molar-refractivity contribution in [2.45, 2.75) is 50.3 Å². The number of amides is 1. The quantitative estimate of drug-likeness (QED) is 0.156. The Bertz CT molecular complexity index is 637. The molecule has 1 aromatic heterocycles. The van der Waals surface area contributed by atoms with E-state index in [1.54, 1.807) is 27.8 Å². The molecule has 0 aliphatic rings. The van der Waals surface area contributed by atoms with Crippen LogP contribution in [0.3, 0.4) is 0 Å². The van der Waals surface area contributed by atoms with Gasteiger partial charge in [-0.3, -0.25) is 4.79 Å². The molecule has 1 N–H and O–H groups in total. The Labute approximate surface area is 174 Å². The summed E-state index contributed by atoms with van der Waals surface area (Å²) in [5.41, 5.74) is 7.35. The second-order valence-electron chi connectivity index (χ2n) is 7.22. The molecular weight excluding hydrogens is 398 g/mol. The second kappa shape index (κ2) is 12.9. The summed E-state index contributed by atoms with van der Waals surface area (Å²) < 4.78 is 11.6. The minimum absolute atomic E-state index is 0.00211. The van der Waals surface area contributed by atoms with E-state index >= 15 is 0 Å². The summed E-state index contributed by atoms with van der Waals surface area (Å²) in [7, 11) is 3.17. The van der Waals surface area contributed by atoms with E-state index in [1.807, 2.05) is 45.9 Å². The topological polar surface area (TPSA) is 109 Å². The minimum Gasteiger partial charge on any atom is -0.372 e. The van der Waals surface area contributed by atoms with E-state index in [0.717, 1.165) is 5.03 Å². The largest absolute Gasteiger partial charge is 0.372 e. The van der Waals surface area contributed by atoms with Crippen LogP contribution in [-0.4, -0.2) is 54.1 Å². The summed E-state index contributed by atoms with van der Waals surface area (Å²) in [5.74, 6) is 0.718. The van der Waals surface area contributed by atoms with Crippen molar-refractivity contribution in [3.8, 4) is 0 Å². The van der Waals surface area contributed by atoms with Gasteiger partial charge in [-0.05, 0) is 56.2 Å². The van der Waals surface area contributed by atoms with Crippen LogP contribution in [0.1, 0.15) is 34.1 Å². The molecule has 28 heavy (non-hydrogen) atoms. The lowest BCUT2D eigenvalue weighted by Crippen LogP contribution is -2.39. The van der Waals surface area contributed by atoms with Crippen molar-refractivity contribution >= 4 is 27.5 Å². The van der Waals surface area contributed by atoms with Crippen LogP contribution in [0.15, 0.2) is 34.5 Å². The Hall–Kier alpha value is -1.45. The number of carbonyl (C=O) groups is 1. The van der Waals surface area contributed by atoms with Gasteiger partial charge in [0.2, 0.25) is 5.91 Å². The van der Waals surface area contributed by atoms with Crippen molar-refractivity contribution in [3.63, 3.8) is 0 Å². The highest BCUT2D eigenvalue weighted by Crippen LogP contribution is 2.29. The first-order valence-electron chi connectivity index (χ1n) is 9.00. The highest BCUT2D eigenvalue weighted by atomic mass is 33.1. The summed E-state index contributed by atoms with van der Waals surface area (Å²) >= 11 is 0. The number of aromatic nitrogens is 1. The SMILES string of the molecule is CC(C)(CN=[N+]=[N-])OCC(C)(C)OCCNC(=O)CCSSc1ccccn1. The van der Waals surface area contributed by atoms with Gasteiger partial charge in [0.1, 0.15) is 5.03 Å². The molecule has 0 radical (unpaired) electrons. The smallest absolute Gasteiger partial charge is 0.220 e. The lowest BCUT2D eigenvalue weighted by Gasteiger charge is -2.31. The second-order valence-corrected chi connectivity index (χ2v) is 9.65. The van der Waals surface area contributed by atoms with Gasteiger partial charge in [0, 0.05) is 29.8 Å². The van der Waals surface area contributed by atoms with E-state index in [9.17, 15) is 4.79 Å². The molecule has 0 aromatic carbocycles. The van der Waals surface area contributed by atoms with Crippen molar-refractivity contribution < 1.29 is 14.3 Å². The van der Waals surface area contributed by atoms with Gasteiger partial charge in [-0.15, -0.1) is 0 Å². The molecule has 0 aliphatic carbocycles. The third-order valence-corrected chi connectivity index (χ3v) is 5.70. The van der Waals surface area contributed by atoms with Crippen LogP contribution in [-0.2, 0) is 14.3 Å². The molecular formula is C18H29N5O3S2. The van der Waals surface area contributed by atoms with Crippen LogP contribution in [0, 0.1) is 0 Å². The number of hydrogen-bond acceptors (Lipinski definition) is 7. The minimum atomic E-state index is -0.550. The number of hydrogen-bond donors (Lipinski definition) is 1. The van der Waals surface area contributed by atoms with E-state index in [1.165, 1.54) is 0 Å². The van der Waals surface area contributed by atoms with E-state index in [0.29, 0.717) is 31.9 Å². The van der Waals surface area contributed by atoms with Crippen molar-refractivity contribution in [3.05, 3.63) is 34.8 Å². The van der Waals surface area contributed by atoms with Gasteiger partial charge in [-0.1, -0.05) is 22.0 Å². The molecule has 1 aromatic rings. The number of rotatable bonds is 14. The Morgan fingerprint density at radius 2 is 2.07 bits per heavy atom. The Morgan fingerprint density at radius 3 is 2.75 bits per heavy atom. The Kier molecular flexibility index (Phi) is 11.3. The summed E-state index contributed by atoms with van der Waals surface area (Å²) in [6.45, 7) is 9.03. The first-order chi connectivity index (χ1) is 13.2. The molecule has 1 heterocycles. The fraction of sp³-hybridized carbons (Fsp3) is 0.667. The molecule has 0 aliphatic heterocycles. The molecule has 0 saturated carbocycles. The zero-order valence-electron chi connectivity index (χ0n) is 16.9. The standard InChI is InChI=1S/C18H29N5O3S2/c1-17(2,13-22-23-19)26-14-18(3,4)25-11-10-20-15(24)8-12-27-28-16-7-5-6-9-21-16/h5-7,9H,8,10-14H2,1-4H3,(H,20,24). The van der Waals surface area contributed by atoms with Crippen LogP contribution < -0.4 is 5.32 Å². The predicted molar refractivity (Wildman–Crippen MR) is 114 cm³/mol. The van der Waals surface area contributed by atoms with Gasteiger partial charge >= 0.3 is 0 Å². The van der Waals surface area contributed by atoms with Crippen LogP contribution >= 0.6 is 21.6 Å². The molecule has 10 heteroatoms. The fourth-order valence-corrected chi connectivity index (χ4v) is 3.77. The van der Waals surface area contributed by atoms with Crippen LogP contribution in [0.2, 0.25) is 0 Å². The molecule has 0 bridgehead atoms. The molecule has 0 unspecified atom stereocenters. The molecule has 1 amide bonds. The summed E-state index contributed by atoms with van der Waals surface area (Å²) in [6, 6.07) is 5.76. The highest BCUT2D eigenvalue weighted by molar-refractivity contribution is 8.76. The third kappa shape index (κ3) is 12.1. The summed E-state index contributed by atoms with van der Waals surface area (Å²) in [4.78, 5) is 18.8. The molecule has 0 spiro atoms. The summed E-state index contributed by atoms with van der Waals surface area (Å²) in [5, 5.41) is 7.34. The number of carbonyl (C=O) groups excluding carboxylic acids is 1. The Balaban J connectivity index is 2.12. The molecule has 0 fully saturated rings. The number of azide groups is 1. The van der Waals surface area contributed by atoms with Gasteiger partial charge < -0.3 is 14.8 Å². The molecule has 8 nitrogen and oxygen atoms in total. The van der Waals surface area contributed by atoms with Gasteiger partial charge in [0.25, 0.3) is 0 Å². The number of nitrogens with zero attached hydrogens (tertiary/aromatic N) is 4. The molecule has 0 atom stereocenters. The average molecular weight is 428 g/mol. The van der Waals surface area contributed by atoms with E-state index in [2.05, 4.69) is 20.3 Å². The van der Waals surface area contributed by atoms with Crippen LogP contribution in [0.25, 0.3) is 10.4 Å². The highest BCUT2D eigenvalue weighted by Gasteiger charge is 2.25. The normalized spacial score (nSPS) is 11.7. The molecule has 0 saturated heterocycles. The zero-order valence-corrected chi connectivity index (χ0v) is 18.5. The molecule has 156 valence electrons. The van der Waals surface area contributed by atoms with Crippen molar-refractivity contribution in [2.75, 3.05) is 32.1 Å². The van der Waals surface area contributed by atoms with Gasteiger partial charge in [0.05, 0.1) is 31.0 Å². The van der Waals surface area contributed by atoms with Crippen LogP contribution in [0.4, 0.5) is 0 Å². The van der Waals surface area contributed by atoms with Gasteiger partial charge in [-0.25, -0.2) is 4.98 Å². The number of pyridine rings is 1. The van der Waals surface area contributed by atoms with Crippen molar-refractivity contribution in [2.24, 2.45) is 5.11 Å². The van der Waals surface area contributed by atoms with E-state index < -0.39 is 11.2 Å². The predicted octanol–water partition coefficient (Wildman–Crippen LogP) is 4.23. The monoisotopic (exact) mass is 427 g/mol. The van der Waals surface area contributed by atoms with E-state index in [-0.39, 0.29) is 12.5 Å². The fourth-order valence-electron chi connectivity index (χ4n) is 1.90. The zero-order chi connectivity index (χ0) is 20.9. The van der Waals surface area contributed by atoms with Crippen molar-refractivity contribution in [1.29, 1.82) is 0 Å². The lowest BCUT2D eigenvalue weighted by molar-refractivity contribution is -0.124. The first-order valence-corrected chi connectivity index (χ1v) is 11.3.